The van der Waals surface area contributed by atoms with E-state index in [1.54, 1.807) is 0 Å². The van der Waals surface area contributed by atoms with Crippen molar-refractivity contribution in [1.82, 2.24) is 10.6 Å². The molecule has 1 heterocycles. The smallest absolute Gasteiger partial charge is 0.253 e. The maximum absolute atomic E-state index is 12.1. The van der Waals surface area contributed by atoms with Crippen LogP contribution in [0.5, 0.6) is 0 Å². The number of terminal acetylenes is 1. The van der Waals surface area contributed by atoms with Gasteiger partial charge in [0.1, 0.15) is 6.10 Å². The molecule has 1 aromatic rings. The Hall–Kier alpha value is -1.79. The Labute approximate surface area is 166 Å². The molecule has 3 N–H and O–H groups in total. The fraction of sp³-hybridized carbons (Fsp3) is 0.444. The van der Waals surface area contributed by atoms with Crippen LogP contribution in [-0.4, -0.2) is 37.7 Å². The van der Waals surface area contributed by atoms with Gasteiger partial charge < -0.3 is 20.7 Å². The van der Waals surface area contributed by atoms with E-state index in [-0.39, 0.29) is 36.0 Å². The minimum atomic E-state index is -0.333. The van der Waals surface area contributed by atoms with Crippen LogP contribution in [0.3, 0.4) is 0 Å². The Balaban J connectivity index is 0.00000312. The first-order valence-electron chi connectivity index (χ1n) is 8.20. The lowest BCUT2D eigenvalue weighted by molar-refractivity contribution is -0.124. The lowest BCUT2D eigenvalue weighted by Gasteiger charge is -2.11. The van der Waals surface area contributed by atoms with E-state index in [1.165, 1.54) is 0 Å². The second-order valence-electron chi connectivity index (χ2n) is 5.44. The van der Waals surface area contributed by atoms with E-state index >= 15 is 0 Å². The van der Waals surface area contributed by atoms with E-state index in [1.807, 2.05) is 31.2 Å². The first-order valence-corrected chi connectivity index (χ1v) is 8.20. The summed E-state index contributed by atoms with van der Waals surface area (Å²) in [4.78, 5) is 16.6. The standard InChI is InChI=1S/C18H24N4O2.HI/c1-3-10-20-18(19-4-2)21-13-14-7-5-8-15(12-14)22-17(23)16-9-6-11-24-16;/h1,5,7-8,12,16H,4,6,9-11,13H2,2H3,(H,22,23)(H2,19,20,21);1H. The van der Waals surface area contributed by atoms with Gasteiger partial charge in [0.05, 0.1) is 13.1 Å². The first kappa shape index (κ1) is 21.3. The molecular weight excluding hydrogens is 431 g/mol. The Bertz CT molecular complexity index is 622. The van der Waals surface area contributed by atoms with Gasteiger partial charge >= 0.3 is 0 Å². The summed E-state index contributed by atoms with van der Waals surface area (Å²) in [6.45, 7) is 4.32. The van der Waals surface area contributed by atoms with Gasteiger partial charge in [-0.15, -0.1) is 30.4 Å². The molecule has 0 spiro atoms. The number of halogens is 1. The maximum atomic E-state index is 12.1. The van der Waals surface area contributed by atoms with E-state index in [9.17, 15) is 4.79 Å². The number of anilines is 1. The van der Waals surface area contributed by atoms with Gasteiger partial charge in [-0.3, -0.25) is 4.79 Å². The van der Waals surface area contributed by atoms with Gasteiger partial charge in [-0.05, 0) is 37.5 Å². The lowest BCUT2D eigenvalue weighted by Crippen LogP contribution is -2.37. The van der Waals surface area contributed by atoms with Crippen molar-refractivity contribution >= 4 is 41.5 Å². The molecule has 1 amide bonds. The number of hydrogen-bond acceptors (Lipinski definition) is 3. The van der Waals surface area contributed by atoms with E-state index in [0.29, 0.717) is 25.7 Å². The van der Waals surface area contributed by atoms with Gasteiger partial charge in [0, 0.05) is 18.8 Å². The van der Waals surface area contributed by atoms with Crippen LogP contribution in [0.2, 0.25) is 0 Å². The summed E-state index contributed by atoms with van der Waals surface area (Å²) >= 11 is 0. The highest BCUT2D eigenvalue weighted by Crippen LogP contribution is 2.16. The van der Waals surface area contributed by atoms with Crippen molar-refractivity contribution in [2.45, 2.75) is 32.4 Å². The Morgan fingerprint density at radius 1 is 1.44 bits per heavy atom. The molecule has 2 rings (SSSR count). The van der Waals surface area contributed by atoms with Crippen molar-refractivity contribution in [2.75, 3.05) is 25.0 Å². The molecule has 136 valence electrons. The molecule has 7 heteroatoms. The highest BCUT2D eigenvalue weighted by molar-refractivity contribution is 14.0. The van der Waals surface area contributed by atoms with Gasteiger partial charge in [0.2, 0.25) is 0 Å². The predicted octanol–water partition coefficient (Wildman–Crippen LogP) is 2.11. The van der Waals surface area contributed by atoms with E-state index in [2.05, 4.69) is 26.9 Å². The topological polar surface area (TPSA) is 74.8 Å². The largest absolute Gasteiger partial charge is 0.368 e. The number of carbonyl (C=O) groups excluding carboxylic acids is 1. The number of nitrogens with zero attached hydrogens (tertiary/aromatic N) is 1. The molecular formula is C18H25IN4O2. The third-order valence-electron chi connectivity index (χ3n) is 3.54. The zero-order valence-corrected chi connectivity index (χ0v) is 16.7. The van der Waals surface area contributed by atoms with Crippen molar-refractivity contribution < 1.29 is 9.53 Å². The number of guanidine groups is 1. The molecule has 1 aliphatic rings. The SMILES string of the molecule is C#CCNC(=NCc1cccc(NC(=O)C2CCCO2)c1)NCC.I. The zero-order chi connectivity index (χ0) is 17.2. The molecule has 0 aromatic heterocycles. The third-order valence-corrected chi connectivity index (χ3v) is 3.54. The van der Waals surface area contributed by atoms with Crippen molar-refractivity contribution in [3.63, 3.8) is 0 Å². The van der Waals surface area contributed by atoms with Crippen LogP contribution in [-0.2, 0) is 16.1 Å². The molecule has 0 aliphatic carbocycles. The van der Waals surface area contributed by atoms with Gasteiger partial charge in [-0.1, -0.05) is 18.1 Å². The van der Waals surface area contributed by atoms with Crippen LogP contribution in [0.15, 0.2) is 29.3 Å². The van der Waals surface area contributed by atoms with E-state index in [0.717, 1.165) is 30.6 Å². The average Bonchev–Trinajstić information content (AvgIpc) is 3.12. The van der Waals surface area contributed by atoms with Crippen LogP contribution in [0, 0.1) is 12.3 Å². The fourth-order valence-corrected chi connectivity index (χ4v) is 2.40. The van der Waals surface area contributed by atoms with Crippen molar-refractivity contribution in [3.05, 3.63) is 29.8 Å². The van der Waals surface area contributed by atoms with Crippen LogP contribution < -0.4 is 16.0 Å². The normalized spacial score (nSPS) is 16.5. The molecule has 25 heavy (non-hydrogen) atoms. The number of rotatable bonds is 6. The van der Waals surface area contributed by atoms with E-state index < -0.39 is 0 Å². The quantitative estimate of drug-likeness (QED) is 0.265. The first-order chi connectivity index (χ1) is 11.7. The summed E-state index contributed by atoms with van der Waals surface area (Å²) < 4.78 is 5.39. The molecule has 0 bridgehead atoms. The van der Waals surface area contributed by atoms with Crippen molar-refractivity contribution in [3.8, 4) is 12.3 Å². The number of aliphatic imine (C=N–C) groups is 1. The lowest BCUT2D eigenvalue weighted by atomic mass is 10.2. The maximum Gasteiger partial charge on any atom is 0.253 e. The Morgan fingerprint density at radius 2 is 2.28 bits per heavy atom. The number of carbonyl (C=O) groups is 1. The minimum Gasteiger partial charge on any atom is -0.368 e. The number of ether oxygens (including phenoxy) is 1. The second kappa shape index (κ2) is 11.7. The van der Waals surface area contributed by atoms with Crippen molar-refractivity contribution in [2.24, 2.45) is 4.99 Å². The summed E-state index contributed by atoms with van der Waals surface area (Å²) in [6.07, 6.45) is 6.63. The molecule has 1 aliphatic heterocycles. The summed E-state index contributed by atoms with van der Waals surface area (Å²) in [7, 11) is 0. The van der Waals surface area contributed by atoms with Gasteiger partial charge in [0.15, 0.2) is 5.96 Å². The second-order valence-corrected chi connectivity index (χ2v) is 5.44. The molecule has 6 nitrogen and oxygen atoms in total. The highest BCUT2D eigenvalue weighted by atomic mass is 127. The van der Waals surface area contributed by atoms with Gasteiger partial charge in [-0.2, -0.15) is 0 Å². The summed E-state index contributed by atoms with van der Waals surface area (Å²) in [6, 6.07) is 7.65. The van der Waals surface area contributed by atoms with Crippen LogP contribution >= 0.6 is 24.0 Å². The molecule has 0 radical (unpaired) electrons. The Morgan fingerprint density at radius 3 is 2.96 bits per heavy atom. The highest BCUT2D eigenvalue weighted by Gasteiger charge is 2.23. The summed E-state index contributed by atoms with van der Waals surface area (Å²) in [5.74, 6) is 3.11. The average molecular weight is 456 g/mol. The molecule has 1 fully saturated rings. The molecule has 1 unspecified atom stereocenters. The van der Waals surface area contributed by atoms with E-state index in [4.69, 9.17) is 11.2 Å². The van der Waals surface area contributed by atoms with Gasteiger partial charge in [-0.25, -0.2) is 4.99 Å². The Kier molecular flexibility index (Phi) is 9.96. The summed E-state index contributed by atoms with van der Waals surface area (Å²) in [5.41, 5.74) is 1.75. The van der Waals surface area contributed by atoms with Crippen LogP contribution in [0.1, 0.15) is 25.3 Å². The predicted molar refractivity (Wildman–Crippen MR) is 111 cm³/mol. The fourth-order valence-electron chi connectivity index (χ4n) is 2.40. The zero-order valence-electron chi connectivity index (χ0n) is 14.4. The molecule has 1 aromatic carbocycles. The molecule has 1 saturated heterocycles. The molecule has 0 saturated carbocycles. The van der Waals surface area contributed by atoms with Crippen molar-refractivity contribution in [1.29, 1.82) is 0 Å². The number of hydrogen-bond donors (Lipinski definition) is 3. The third kappa shape index (κ3) is 7.32. The minimum absolute atomic E-state index is 0. The number of nitrogens with one attached hydrogen (secondary N) is 3. The van der Waals surface area contributed by atoms with Crippen LogP contribution in [0.25, 0.3) is 0 Å². The number of amides is 1. The van der Waals surface area contributed by atoms with Gasteiger partial charge in [0.25, 0.3) is 5.91 Å². The number of benzene rings is 1. The van der Waals surface area contributed by atoms with Crippen LogP contribution in [0.4, 0.5) is 5.69 Å². The summed E-state index contributed by atoms with van der Waals surface area (Å²) in [5, 5.41) is 9.07. The molecule has 1 atom stereocenters. The monoisotopic (exact) mass is 456 g/mol.